The predicted octanol–water partition coefficient (Wildman–Crippen LogP) is 1.75. The van der Waals surface area contributed by atoms with Gasteiger partial charge < -0.3 is 9.84 Å². The van der Waals surface area contributed by atoms with Crippen molar-refractivity contribution in [1.29, 1.82) is 0 Å². The summed E-state index contributed by atoms with van der Waals surface area (Å²) in [5.74, 6) is 0.619. The summed E-state index contributed by atoms with van der Waals surface area (Å²) in [5.41, 5.74) is 0. The first-order chi connectivity index (χ1) is 7.02. The Bertz CT molecular complexity index is 151. The van der Waals surface area contributed by atoms with E-state index in [2.05, 4.69) is 25.7 Å². The molecule has 0 rings (SSSR count). The Balaban J connectivity index is 4.19. The molecule has 2 unspecified atom stereocenters. The van der Waals surface area contributed by atoms with Crippen molar-refractivity contribution in [3.8, 4) is 0 Å². The molecule has 0 radical (unpaired) electrons. The van der Waals surface area contributed by atoms with Crippen LogP contribution in [0.3, 0.4) is 0 Å². The number of hydrogen-bond acceptors (Lipinski definition) is 3. The molecule has 92 valence electrons. The molecule has 15 heavy (non-hydrogen) atoms. The van der Waals surface area contributed by atoms with Crippen molar-refractivity contribution in [2.75, 3.05) is 26.8 Å². The molecule has 0 aromatic carbocycles. The van der Waals surface area contributed by atoms with E-state index in [-0.39, 0.29) is 12.1 Å². The number of hydrogen-bond donors (Lipinski definition) is 1. The van der Waals surface area contributed by atoms with Crippen LogP contribution in [0.15, 0.2) is 0 Å². The van der Waals surface area contributed by atoms with E-state index in [1.54, 1.807) is 7.11 Å². The van der Waals surface area contributed by atoms with Crippen molar-refractivity contribution < 1.29 is 9.84 Å². The highest BCUT2D eigenvalue weighted by atomic mass is 16.5. The second kappa shape index (κ2) is 8.08. The van der Waals surface area contributed by atoms with E-state index in [1.165, 1.54) is 0 Å². The van der Waals surface area contributed by atoms with Gasteiger partial charge in [-0.15, -0.1) is 0 Å². The maximum absolute atomic E-state index is 9.83. The van der Waals surface area contributed by atoms with Crippen molar-refractivity contribution in [2.45, 2.75) is 46.3 Å². The smallest absolute Gasteiger partial charge is 0.0690 e. The molecular formula is C12H27NO2. The summed E-state index contributed by atoms with van der Waals surface area (Å²) in [5, 5.41) is 9.83. The van der Waals surface area contributed by atoms with Crippen LogP contribution in [-0.2, 0) is 4.74 Å². The fraction of sp³-hybridized carbons (Fsp3) is 1.00. The van der Waals surface area contributed by atoms with Gasteiger partial charge in [-0.05, 0) is 19.3 Å². The van der Waals surface area contributed by atoms with Gasteiger partial charge in [-0.1, -0.05) is 20.8 Å². The van der Waals surface area contributed by atoms with Gasteiger partial charge in [0.1, 0.15) is 0 Å². The molecule has 2 atom stereocenters. The Morgan fingerprint density at radius 3 is 2.27 bits per heavy atom. The average molecular weight is 217 g/mol. The highest BCUT2D eigenvalue weighted by Crippen LogP contribution is 2.10. The van der Waals surface area contributed by atoms with Crippen LogP contribution in [0.1, 0.15) is 34.1 Å². The quantitative estimate of drug-likeness (QED) is 0.672. The SMILES string of the molecule is CCC(O)C(C)N(CCOC)CC(C)C. The zero-order valence-corrected chi connectivity index (χ0v) is 10.9. The Labute approximate surface area is 94.4 Å². The van der Waals surface area contributed by atoms with Crippen molar-refractivity contribution in [3.05, 3.63) is 0 Å². The second-order valence-electron chi connectivity index (χ2n) is 4.60. The molecule has 0 saturated carbocycles. The standard InChI is InChI=1S/C12H27NO2/c1-6-12(14)11(4)13(7-8-15-5)9-10(2)3/h10-12,14H,6-9H2,1-5H3. The third kappa shape index (κ3) is 6.13. The van der Waals surface area contributed by atoms with E-state index in [1.807, 2.05) is 6.92 Å². The maximum Gasteiger partial charge on any atom is 0.0690 e. The zero-order chi connectivity index (χ0) is 11.8. The predicted molar refractivity (Wildman–Crippen MR) is 64.0 cm³/mol. The lowest BCUT2D eigenvalue weighted by Crippen LogP contribution is -2.44. The minimum absolute atomic E-state index is 0.215. The van der Waals surface area contributed by atoms with Gasteiger partial charge >= 0.3 is 0 Å². The van der Waals surface area contributed by atoms with E-state index < -0.39 is 0 Å². The summed E-state index contributed by atoms with van der Waals surface area (Å²) in [7, 11) is 1.72. The van der Waals surface area contributed by atoms with E-state index in [4.69, 9.17) is 4.74 Å². The lowest BCUT2D eigenvalue weighted by atomic mass is 10.1. The molecule has 0 amide bonds. The molecule has 0 heterocycles. The van der Waals surface area contributed by atoms with Gasteiger partial charge in [0.25, 0.3) is 0 Å². The minimum atomic E-state index is -0.236. The molecule has 0 aliphatic rings. The van der Waals surface area contributed by atoms with Crippen LogP contribution in [-0.4, -0.2) is 49.0 Å². The molecule has 0 bridgehead atoms. The van der Waals surface area contributed by atoms with Crippen LogP contribution in [0, 0.1) is 5.92 Å². The minimum Gasteiger partial charge on any atom is -0.392 e. The monoisotopic (exact) mass is 217 g/mol. The fourth-order valence-corrected chi connectivity index (χ4v) is 1.72. The van der Waals surface area contributed by atoms with Gasteiger partial charge in [0.05, 0.1) is 12.7 Å². The molecular weight excluding hydrogens is 190 g/mol. The summed E-state index contributed by atoms with van der Waals surface area (Å²) in [6, 6.07) is 0.215. The summed E-state index contributed by atoms with van der Waals surface area (Å²) in [4.78, 5) is 2.31. The van der Waals surface area contributed by atoms with Gasteiger partial charge in [0, 0.05) is 26.2 Å². The molecule has 0 spiro atoms. The van der Waals surface area contributed by atoms with Crippen molar-refractivity contribution in [1.82, 2.24) is 4.90 Å². The van der Waals surface area contributed by atoms with Crippen LogP contribution in [0.4, 0.5) is 0 Å². The average Bonchev–Trinajstić information content (AvgIpc) is 2.21. The van der Waals surface area contributed by atoms with Crippen LogP contribution >= 0.6 is 0 Å². The van der Waals surface area contributed by atoms with E-state index in [0.29, 0.717) is 5.92 Å². The van der Waals surface area contributed by atoms with Crippen LogP contribution in [0.2, 0.25) is 0 Å². The zero-order valence-electron chi connectivity index (χ0n) is 10.9. The highest BCUT2D eigenvalue weighted by Gasteiger charge is 2.20. The summed E-state index contributed by atoms with van der Waals surface area (Å²) < 4.78 is 5.09. The van der Waals surface area contributed by atoms with Crippen LogP contribution in [0.5, 0.6) is 0 Å². The van der Waals surface area contributed by atoms with E-state index in [9.17, 15) is 5.11 Å². The van der Waals surface area contributed by atoms with Crippen molar-refractivity contribution >= 4 is 0 Å². The number of rotatable bonds is 8. The Hall–Kier alpha value is -0.120. The molecule has 0 saturated heterocycles. The van der Waals surface area contributed by atoms with Crippen molar-refractivity contribution in [2.24, 2.45) is 5.92 Å². The molecule has 1 N–H and O–H groups in total. The second-order valence-corrected chi connectivity index (χ2v) is 4.60. The molecule has 3 heteroatoms. The van der Waals surface area contributed by atoms with Gasteiger partial charge in [-0.2, -0.15) is 0 Å². The van der Waals surface area contributed by atoms with Gasteiger partial charge in [0.2, 0.25) is 0 Å². The molecule has 0 aliphatic carbocycles. The number of aliphatic hydroxyl groups excluding tert-OH is 1. The highest BCUT2D eigenvalue weighted by molar-refractivity contribution is 4.74. The molecule has 0 aromatic heterocycles. The third-order valence-corrected chi connectivity index (χ3v) is 2.73. The van der Waals surface area contributed by atoms with E-state index >= 15 is 0 Å². The van der Waals surface area contributed by atoms with Gasteiger partial charge in [-0.25, -0.2) is 0 Å². The Morgan fingerprint density at radius 1 is 1.27 bits per heavy atom. The molecule has 3 nitrogen and oxygen atoms in total. The first-order valence-electron chi connectivity index (χ1n) is 5.93. The molecule has 0 aromatic rings. The first-order valence-corrected chi connectivity index (χ1v) is 5.93. The van der Waals surface area contributed by atoms with Crippen molar-refractivity contribution in [3.63, 3.8) is 0 Å². The lowest BCUT2D eigenvalue weighted by molar-refractivity contribution is 0.0344. The largest absolute Gasteiger partial charge is 0.392 e. The number of methoxy groups -OCH3 is 1. The summed E-state index contributed by atoms with van der Waals surface area (Å²) in [6.45, 7) is 11.1. The van der Waals surface area contributed by atoms with E-state index in [0.717, 1.165) is 26.1 Å². The molecule has 0 aliphatic heterocycles. The van der Waals surface area contributed by atoms with Crippen LogP contribution < -0.4 is 0 Å². The lowest BCUT2D eigenvalue weighted by Gasteiger charge is -2.33. The number of ether oxygens (including phenoxy) is 1. The fourth-order valence-electron chi connectivity index (χ4n) is 1.72. The summed E-state index contributed by atoms with van der Waals surface area (Å²) in [6.07, 6.45) is 0.573. The Kier molecular flexibility index (Phi) is 8.02. The number of aliphatic hydroxyl groups is 1. The first kappa shape index (κ1) is 14.9. The maximum atomic E-state index is 9.83. The topological polar surface area (TPSA) is 32.7 Å². The van der Waals surface area contributed by atoms with Gasteiger partial charge in [0.15, 0.2) is 0 Å². The Morgan fingerprint density at radius 2 is 1.87 bits per heavy atom. The molecule has 0 fully saturated rings. The van der Waals surface area contributed by atoms with Gasteiger partial charge in [-0.3, -0.25) is 4.90 Å². The number of nitrogens with zero attached hydrogens (tertiary/aromatic N) is 1. The van der Waals surface area contributed by atoms with Crippen LogP contribution in [0.25, 0.3) is 0 Å². The third-order valence-electron chi connectivity index (χ3n) is 2.73. The summed E-state index contributed by atoms with van der Waals surface area (Å²) >= 11 is 0. The normalized spacial score (nSPS) is 16.0.